The van der Waals surface area contributed by atoms with Crippen LogP contribution in [0.25, 0.3) is 0 Å². The lowest BCUT2D eigenvalue weighted by atomic mass is 9.92. The molecule has 2 aromatic carbocycles. The van der Waals surface area contributed by atoms with Gasteiger partial charge in [-0.3, -0.25) is 4.79 Å². The number of amides is 1. The molecule has 0 heterocycles. The molecule has 0 bridgehead atoms. The molecule has 0 aromatic heterocycles. The number of carbonyl (C=O) groups is 1. The predicted molar refractivity (Wildman–Crippen MR) is 104 cm³/mol. The smallest absolute Gasteiger partial charge is 0.265 e. The number of benzene rings is 2. The van der Waals surface area contributed by atoms with Crippen LogP contribution in [0.1, 0.15) is 44.7 Å². The predicted octanol–water partition coefficient (Wildman–Crippen LogP) is 4.76. The molecule has 0 unspecified atom stereocenters. The Hall–Kier alpha value is -2.49. The van der Waals surface area contributed by atoms with E-state index in [1.807, 2.05) is 44.2 Å². The van der Waals surface area contributed by atoms with Gasteiger partial charge >= 0.3 is 0 Å². The van der Waals surface area contributed by atoms with E-state index in [0.29, 0.717) is 0 Å². The summed E-state index contributed by atoms with van der Waals surface area (Å²) in [7, 11) is 0. The topological polar surface area (TPSA) is 47.6 Å². The molecule has 1 atom stereocenters. The number of ether oxygens (including phenoxy) is 2. The molecule has 1 amide bonds. The maximum atomic E-state index is 12.4. The molecule has 0 saturated heterocycles. The maximum Gasteiger partial charge on any atom is 0.265 e. The highest BCUT2D eigenvalue weighted by molar-refractivity contribution is 5.94. The van der Waals surface area contributed by atoms with Crippen molar-refractivity contribution in [3.05, 3.63) is 53.6 Å². The van der Waals surface area contributed by atoms with Crippen LogP contribution in [-0.2, 0) is 17.6 Å². The fourth-order valence-corrected chi connectivity index (χ4v) is 3.17. The van der Waals surface area contributed by atoms with Crippen molar-refractivity contribution in [2.45, 2.75) is 58.7 Å². The van der Waals surface area contributed by atoms with Gasteiger partial charge in [0.1, 0.15) is 11.5 Å². The molecule has 0 saturated carbocycles. The van der Waals surface area contributed by atoms with Gasteiger partial charge in [-0.05, 0) is 94.0 Å². The van der Waals surface area contributed by atoms with Crippen LogP contribution in [0.15, 0.2) is 42.5 Å². The SMILES string of the molecule is CC(C)Oc1ccc(NC(=O)[C@@H](C)Oc2ccc3c(c2)CCCC3)cc1. The Balaban J connectivity index is 1.57. The molecular formula is C22H27NO3. The monoisotopic (exact) mass is 353 g/mol. The molecule has 3 rings (SSSR count). The number of hydrogen-bond acceptors (Lipinski definition) is 3. The van der Waals surface area contributed by atoms with E-state index in [1.165, 1.54) is 24.0 Å². The molecule has 4 heteroatoms. The lowest BCUT2D eigenvalue weighted by molar-refractivity contribution is -0.122. The largest absolute Gasteiger partial charge is 0.491 e. The van der Waals surface area contributed by atoms with E-state index in [1.54, 1.807) is 6.92 Å². The molecule has 138 valence electrons. The lowest BCUT2D eigenvalue weighted by Crippen LogP contribution is -2.30. The average molecular weight is 353 g/mol. The minimum Gasteiger partial charge on any atom is -0.491 e. The van der Waals surface area contributed by atoms with Gasteiger partial charge in [0.2, 0.25) is 0 Å². The minimum atomic E-state index is -0.566. The van der Waals surface area contributed by atoms with Gasteiger partial charge in [0.05, 0.1) is 6.10 Å². The number of aryl methyl sites for hydroxylation is 2. The summed E-state index contributed by atoms with van der Waals surface area (Å²) in [5.41, 5.74) is 3.48. The first-order valence-electron chi connectivity index (χ1n) is 9.37. The Morgan fingerprint density at radius 1 is 0.885 bits per heavy atom. The van der Waals surface area contributed by atoms with Gasteiger partial charge < -0.3 is 14.8 Å². The summed E-state index contributed by atoms with van der Waals surface area (Å²) < 4.78 is 11.5. The summed E-state index contributed by atoms with van der Waals surface area (Å²) >= 11 is 0. The van der Waals surface area contributed by atoms with Crippen molar-refractivity contribution in [3.8, 4) is 11.5 Å². The van der Waals surface area contributed by atoms with Gasteiger partial charge in [-0.1, -0.05) is 6.07 Å². The summed E-state index contributed by atoms with van der Waals surface area (Å²) in [6, 6.07) is 13.5. The van der Waals surface area contributed by atoms with Crippen molar-refractivity contribution < 1.29 is 14.3 Å². The Morgan fingerprint density at radius 2 is 1.54 bits per heavy atom. The van der Waals surface area contributed by atoms with Crippen LogP contribution in [0.5, 0.6) is 11.5 Å². The molecule has 1 N–H and O–H groups in total. The van der Waals surface area contributed by atoms with Crippen LogP contribution in [0.3, 0.4) is 0 Å². The van der Waals surface area contributed by atoms with Crippen LogP contribution in [0.2, 0.25) is 0 Å². The third-order valence-electron chi connectivity index (χ3n) is 4.50. The summed E-state index contributed by atoms with van der Waals surface area (Å²) in [4.78, 5) is 12.4. The number of carbonyl (C=O) groups excluding carboxylic acids is 1. The van der Waals surface area contributed by atoms with Gasteiger partial charge in [0, 0.05) is 5.69 Å². The van der Waals surface area contributed by atoms with Crippen molar-refractivity contribution in [2.24, 2.45) is 0 Å². The zero-order valence-corrected chi connectivity index (χ0v) is 15.7. The number of fused-ring (bicyclic) bond motifs is 1. The Kier molecular flexibility index (Phi) is 5.82. The molecule has 0 spiro atoms. The van der Waals surface area contributed by atoms with Crippen LogP contribution >= 0.6 is 0 Å². The molecule has 4 nitrogen and oxygen atoms in total. The normalized spacial score (nSPS) is 14.5. The first-order valence-corrected chi connectivity index (χ1v) is 9.37. The fourth-order valence-electron chi connectivity index (χ4n) is 3.17. The van der Waals surface area contributed by atoms with E-state index in [0.717, 1.165) is 30.0 Å². The summed E-state index contributed by atoms with van der Waals surface area (Å²) in [6.07, 6.45) is 4.28. The van der Waals surface area contributed by atoms with Gasteiger partial charge in [-0.25, -0.2) is 0 Å². The quantitative estimate of drug-likeness (QED) is 0.814. The average Bonchev–Trinajstić information content (AvgIpc) is 2.62. The van der Waals surface area contributed by atoms with E-state index in [-0.39, 0.29) is 12.0 Å². The highest BCUT2D eigenvalue weighted by Crippen LogP contribution is 2.26. The van der Waals surface area contributed by atoms with E-state index >= 15 is 0 Å². The highest BCUT2D eigenvalue weighted by Gasteiger charge is 2.16. The van der Waals surface area contributed by atoms with Gasteiger partial charge in [0.15, 0.2) is 6.10 Å². The van der Waals surface area contributed by atoms with Crippen molar-refractivity contribution in [2.75, 3.05) is 5.32 Å². The molecular weight excluding hydrogens is 326 g/mol. The Labute approximate surface area is 155 Å². The first kappa shape index (κ1) is 18.3. The Bertz CT molecular complexity index is 752. The second-order valence-electron chi connectivity index (χ2n) is 7.08. The van der Waals surface area contributed by atoms with Crippen LogP contribution in [0, 0.1) is 0 Å². The van der Waals surface area contributed by atoms with Crippen molar-refractivity contribution in [1.29, 1.82) is 0 Å². The molecule has 0 radical (unpaired) electrons. The van der Waals surface area contributed by atoms with E-state index in [2.05, 4.69) is 17.4 Å². The number of hydrogen-bond donors (Lipinski definition) is 1. The Morgan fingerprint density at radius 3 is 2.23 bits per heavy atom. The molecule has 0 fully saturated rings. The van der Waals surface area contributed by atoms with E-state index < -0.39 is 6.10 Å². The summed E-state index contributed by atoms with van der Waals surface area (Å²) in [6.45, 7) is 5.73. The number of nitrogens with one attached hydrogen (secondary N) is 1. The van der Waals surface area contributed by atoms with E-state index in [9.17, 15) is 4.79 Å². The van der Waals surface area contributed by atoms with Crippen LogP contribution < -0.4 is 14.8 Å². The van der Waals surface area contributed by atoms with E-state index in [4.69, 9.17) is 9.47 Å². The van der Waals surface area contributed by atoms with Crippen LogP contribution in [-0.4, -0.2) is 18.1 Å². The van der Waals surface area contributed by atoms with Gasteiger partial charge in [-0.15, -0.1) is 0 Å². The fraction of sp³-hybridized carbons (Fsp3) is 0.409. The van der Waals surface area contributed by atoms with Gasteiger partial charge in [-0.2, -0.15) is 0 Å². The summed E-state index contributed by atoms with van der Waals surface area (Å²) in [5, 5.41) is 2.89. The van der Waals surface area contributed by atoms with Gasteiger partial charge in [0.25, 0.3) is 5.91 Å². The first-order chi connectivity index (χ1) is 12.5. The molecule has 1 aliphatic carbocycles. The molecule has 26 heavy (non-hydrogen) atoms. The van der Waals surface area contributed by atoms with Crippen molar-refractivity contribution in [3.63, 3.8) is 0 Å². The second-order valence-corrected chi connectivity index (χ2v) is 7.08. The number of rotatable bonds is 6. The lowest BCUT2D eigenvalue weighted by Gasteiger charge is -2.19. The third kappa shape index (κ3) is 4.78. The maximum absolute atomic E-state index is 12.4. The molecule has 1 aliphatic rings. The standard InChI is InChI=1S/C22H27NO3/c1-15(2)25-20-12-9-19(10-13-20)23-22(24)16(3)26-21-11-8-17-6-4-5-7-18(17)14-21/h8-16H,4-7H2,1-3H3,(H,23,24)/t16-/m1/s1. The van der Waals surface area contributed by atoms with Crippen molar-refractivity contribution >= 4 is 11.6 Å². The second kappa shape index (κ2) is 8.26. The zero-order chi connectivity index (χ0) is 18.5. The minimum absolute atomic E-state index is 0.125. The number of anilines is 1. The third-order valence-corrected chi connectivity index (χ3v) is 4.50. The molecule has 2 aromatic rings. The highest BCUT2D eigenvalue weighted by atomic mass is 16.5. The van der Waals surface area contributed by atoms with Crippen molar-refractivity contribution in [1.82, 2.24) is 0 Å². The zero-order valence-electron chi connectivity index (χ0n) is 15.7. The molecule has 0 aliphatic heterocycles. The summed E-state index contributed by atoms with van der Waals surface area (Å²) in [5.74, 6) is 1.38. The van der Waals surface area contributed by atoms with Crippen LogP contribution in [0.4, 0.5) is 5.69 Å².